The molecule has 32 nitrogen and oxygen atoms in total. The number of piperidine rings is 2. The molecule has 0 aliphatic carbocycles. The highest BCUT2D eigenvalue weighted by molar-refractivity contribution is 9.11. The standard InChI is InChI=1S/2C19H23BrN6O2.C18H21BrN6O2.C17H21BrN6O2/c1-19(2,27)15-6-4-8-25(15)17-9-16(26-18(23-17)14(20)11-22-26)21-10-13-5-3-7-24(28)12-13;20-16-12-22-26-17(21-11-14-4-3-7-24(28)13-14)10-18(23-19(16)26)25-8-2-1-5-15(25)6-9-27;19-15-10-21-25-16(20-9-13-4-3-6-23(27)11-13)8-17(22-18(15)25)24-7-2-1-5-14(24)12-26;1-11(2)14(10-25)21-15-6-16(24-17(22-15)13(18)8-20-24)19-7-12-4-3-5-23(26)9-12/h3,5,7,9,11-12,15,21,27H,4,6,8,10H2,1-2H3;3-4,7,10,12-13,15,21,27H,1-2,5-6,8-9,11H2;3-4,6,8,10-11,14,20,26H,1-2,5,7,9,12H2;3-6,8-9,11,14,19,25H,7,10H2,1-2H3,(H,21,22)/t15-;;;14-/m0..1/s1. The molecule has 2 unspecified atom stereocenters. The van der Waals surface area contributed by atoms with Gasteiger partial charge < -0.3 is 82.5 Å². The van der Waals surface area contributed by atoms with Crippen LogP contribution >= 0.6 is 63.7 Å². The number of rotatable bonds is 23. The summed E-state index contributed by atoms with van der Waals surface area (Å²) in [6.45, 7) is 12.6. The number of nitrogens with zero attached hydrogens (tertiary/aromatic N) is 19. The Hall–Kier alpha value is -9.56. The molecule has 0 aromatic carbocycles. The molecule has 576 valence electrons. The molecule has 0 amide bonds. The first-order valence-electron chi connectivity index (χ1n) is 36.1. The van der Waals surface area contributed by atoms with Gasteiger partial charge in [-0.25, -0.2) is 19.9 Å². The van der Waals surface area contributed by atoms with E-state index in [-0.39, 0.29) is 49.9 Å². The first-order valence-corrected chi connectivity index (χ1v) is 39.2. The predicted octanol–water partition coefficient (Wildman–Crippen LogP) is 9.21. The van der Waals surface area contributed by atoms with Crippen LogP contribution in [0.3, 0.4) is 0 Å². The second-order valence-electron chi connectivity index (χ2n) is 27.7. The van der Waals surface area contributed by atoms with Crippen molar-refractivity contribution in [2.75, 3.05) is 80.7 Å². The zero-order chi connectivity index (χ0) is 76.9. The highest BCUT2D eigenvalue weighted by atomic mass is 79.9. The second-order valence-corrected chi connectivity index (χ2v) is 31.1. The van der Waals surface area contributed by atoms with Crippen LogP contribution in [0.1, 0.15) is 108 Å². The lowest BCUT2D eigenvalue weighted by Crippen LogP contribution is -2.46. The number of aliphatic hydroxyl groups excluding tert-OH is 3. The fourth-order valence-electron chi connectivity index (χ4n) is 13.5. The van der Waals surface area contributed by atoms with E-state index in [0.717, 1.165) is 176 Å². The van der Waals surface area contributed by atoms with Crippen molar-refractivity contribution < 1.29 is 39.3 Å². The number of aliphatic hydroxyl groups is 4. The van der Waals surface area contributed by atoms with Gasteiger partial charge in [0.25, 0.3) is 0 Å². The summed E-state index contributed by atoms with van der Waals surface area (Å²) in [6.07, 6.45) is 28.0. The van der Waals surface area contributed by atoms with E-state index in [2.05, 4.69) is 130 Å². The second kappa shape index (κ2) is 36.3. The Labute approximate surface area is 662 Å². The summed E-state index contributed by atoms with van der Waals surface area (Å²) in [5, 5.41) is 119. The Morgan fingerprint density at radius 2 is 0.844 bits per heavy atom. The third-order valence-electron chi connectivity index (χ3n) is 19.1. The molecule has 0 spiro atoms. The quantitative estimate of drug-likeness (QED) is 0.0213. The molecule has 3 aliphatic rings. The zero-order valence-corrected chi connectivity index (χ0v) is 67.0. The van der Waals surface area contributed by atoms with Crippen molar-refractivity contribution in [2.45, 2.75) is 141 Å². The Kier molecular flexibility index (Phi) is 26.3. The largest absolute Gasteiger partial charge is 0.619 e. The molecule has 12 aromatic rings. The summed E-state index contributed by atoms with van der Waals surface area (Å²) in [5.41, 5.74) is 5.46. The van der Waals surface area contributed by atoms with Crippen LogP contribution in [-0.2, 0) is 26.2 Å². The van der Waals surface area contributed by atoms with Gasteiger partial charge in [0.2, 0.25) is 0 Å². The van der Waals surface area contributed by atoms with E-state index in [1.54, 1.807) is 73.3 Å². The summed E-state index contributed by atoms with van der Waals surface area (Å²) in [4.78, 5) is 25.6. The van der Waals surface area contributed by atoms with Gasteiger partial charge in [-0.3, -0.25) is 0 Å². The maximum Gasteiger partial charge on any atom is 0.185 e. The minimum Gasteiger partial charge on any atom is -0.619 e. The smallest absolute Gasteiger partial charge is 0.185 e. The minimum absolute atomic E-state index is 0.00513. The Morgan fingerprint density at radius 1 is 0.486 bits per heavy atom. The van der Waals surface area contributed by atoms with Crippen LogP contribution in [0.2, 0.25) is 0 Å². The van der Waals surface area contributed by atoms with Gasteiger partial charge in [0.1, 0.15) is 46.5 Å². The van der Waals surface area contributed by atoms with E-state index in [9.17, 15) is 41.3 Å². The molecule has 0 radical (unpaired) electrons. The zero-order valence-electron chi connectivity index (χ0n) is 60.6. The number of pyridine rings is 4. The molecule has 9 N–H and O–H groups in total. The lowest BCUT2D eigenvalue weighted by molar-refractivity contribution is -0.606. The molecule has 109 heavy (non-hydrogen) atoms. The van der Waals surface area contributed by atoms with Crippen molar-refractivity contribution in [1.82, 2.24) is 58.4 Å². The summed E-state index contributed by atoms with van der Waals surface area (Å²) < 4.78 is 13.2. The van der Waals surface area contributed by atoms with Gasteiger partial charge in [-0.2, -0.15) is 57.4 Å². The third-order valence-corrected chi connectivity index (χ3v) is 21.4. The molecule has 4 atom stereocenters. The normalized spacial score (nSPS) is 16.2. The lowest BCUT2D eigenvalue weighted by atomic mass is 9.97. The number of aromatic nitrogens is 16. The van der Waals surface area contributed by atoms with Crippen LogP contribution < -0.4 is 60.2 Å². The van der Waals surface area contributed by atoms with E-state index < -0.39 is 5.60 Å². The molecule has 3 fully saturated rings. The van der Waals surface area contributed by atoms with E-state index in [1.807, 2.05) is 76.2 Å². The number of nitrogens with one attached hydrogen (secondary N) is 5. The first kappa shape index (κ1) is 79.0. The lowest BCUT2D eigenvalue weighted by Gasteiger charge is -2.36. The molecule has 12 aromatic heterocycles. The minimum atomic E-state index is -0.818. The van der Waals surface area contributed by atoms with E-state index in [1.165, 1.54) is 49.8 Å². The maximum absolute atomic E-state index is 11.5. The van der Waals surface area contributed by atoms with Crippen molar-refractivity contribution >= 4 is 133 Å². The topological polar surface area (TPSA) is 379 Å². The van der Waals surface area contributed by atoms with Crippen LogP contribution in [0.25, 0.3) is 22.6 Å². The number of hydrogen-bond acceptors (Lipinski definition) is 24. The highest BCUT2D eigenvalue weighted by Gasteiger charge is 2.37. The first-order chi connectivity index (χ1) is 52.6. The molecule has 3 saturated heterocycles. The molecule has 15 rings (SSSR count). The van der Waals surface area contributed by atoms with Gasteiger partial charge in [0, 0.05) is 129 Å². The fourth-order valence-corrected chi connectivity index (χ4v) is 14.9. The predicted molar refractivity (Wildman–Crippen MR) is 428 cm³/mol. The summed E-state index contributed by atoms with van der Waals surface area (Å²) in [7, 11) is 0. The fraction of sp³-hybridized carbons (Fsp3) is 0.397. The van der Waals surface area contributed by atoms with Gasteiger partial charge in [-0.1, -0.05) is 13.8 Å². The molecule has 0 bridgehead atoms. The average molecular weight is 1750 g/mol. The molecule has 3 aliphatic heterocycles. The number of anilines is 8. The summed E-state index contributed by atoms with van der Waals surface area (Å²) in [6, 6.07) is 22.5. The average Bonchev–Trinajstić information content (AvgIpc) is 1.67. The summed E-state index contributed by atoms with van der Waals surface area (Å²) >= 11 is 14.0. The SMILES string of the molecule is CC(C)(O)[C@@H]1CCCN1c1cc(NCc2ccc[n+]([O-])c2)n2ncc(Br)c2n1.CC(C)[C@@H](CO)Nc1cc(NCc2ccc[n+]([O-])c2)n2ncc(Br)c2n1.[O-][n+]1cccc(CNc2cc(N3CCCCC3CCO)nc3c(Br)cnn23)c1.[O-][n+]1cccc(CNc2cc(N3CCCCC3CO)nc3c(Br)cnn23)c1. The third kappa shape index (κ3) is 19.7. The van der Waals surface area contributed by atoms with E-state index in [0.29, 0.717) is 48.9 Å². The number of fused-ring (bicyclic) bond motifs is 4. The molecular weight excluding hydrogens is 1660 g/mol. The van der Waals surface area contributed by atoms with Gasteiger partial charge in [-0.15, -0.1) is 0 Å². The number of hydrogen-bond donors (Lipinski definition) is 9. The van der Waals surface area contributed by atoms with Crippen LogP contribution in [0.5, 0.6) is 0 Å². The van der Waals surface area contributed by atoms with Crippen LogP contribution in [0, 0.1) is 26.7 Å². The molecule has 0 saturated carbocycles. The van der Waals surface area contributed by atoms with Gasteiger partial charge in [0.15, 0.2) is 72.2 Å². The Balaban J connectivity index is 0.000000136. The van der Waals surface area contributed by atoms with Crippen molar-refractivity contribution in [3.63, 3.8) is 0 Å². The van der Waals surface area contributed by atoms with Gasteiger partial charge in [-0.05, 0) is 166 Å². The maximum atomic E-state index is 11.5. The molecule has 15 heterocycles. The van der Waals surface area contributed by atoms with Crippen LogP contribution in [0.15, 0.2) is 165 Å². The molecule has 36 heteroatoms. The number of halogens is 4. The van der Waals surface area contributed by atoms with Crippen molar-refractivity contribution in [3.8, 4) is 0 Å². The van der Waals surface area contributed by atoms with Crippen LogP contribution in [0.4, 0.5) is 46.5 Å². The van der Waals surface area contributed by atoms with Crippen molar-refractivity contribution in [3.05, 3.63) is 208 Å². The Bertz CT molecular complexity index is 5040. The van der Waals surface area contributed by atoms with Gasteiger partial charge in [0.05, 0.1) is 79.6 Å². The summed E-state index contributed by atoms with van der Waals surface area (Å²) in [5.74, 6) is 6.47. The van der Waals surface area contributed by atoms with Crippen molar-refractivity contribution in [2.24, 2.45) is 5.92 Å². The van der Waals surface area contributed by atoms with Crippen molar-refractivity contribution in [1.29, 1.82) is 0 Å². The van der Waals surface area contributed by atoms with Gasteiger partial charge >= 0.3 is 0 Å². The Morgan fingerprint density at radius 3 is 1.20 bits per heavy atom. The van der Waals surface area contributed by atoms with E-state index in [4.69, 9.17) is 15.0 Å². The monoisotopic (exact) mass is 1740 g/mol. The highest BCUT2D eigenvalue weighted by Crippen LogP contribution is 2.36. The molecular formula is C73H88Br4N24O8. The van der Waals surface area contributed by atoms with Crippen LogP contribution in [-0.4, -0.2) is 148 Å². The van der Waals surface area contributed by atoms with E-state index >= 15 is 0 Å².